The van der Waals surface area contributed by atoms with Gasteiger partial charge in [-0.15, -0.1) is 0 Å². The molecule has 0 amide bonds. The maximum Gasteiger partial charge on any atom is 0.238 e. The number of fused-ring (bicyclic) bond motifs is 9. The fourth-order valence-corrected chi connectivity index (χ4v) is 11.2. The van der Waals surface area contributed by atoms with E-state index in [0.717, 1.165) is 76.8 Å². The molecule has 77 heavy (non-hydrogen) atoms. The molecule has 6 heteroatoms. The second-order valence-corrected chi connectivity index (χ2v) is 21.8. The molecule has 0 fully saturated rings. The van der Waals surface area contributed by atoms with Gasteiger partial charge in [-0.3, -0.25) is 4.57 Å². The predicted octanol–water partition coefficient (Wildman–Crippen LogP) is 18.4. The first-order valence-electron chi connectivity index (χ1n) is 30.9. The van der Waals surface area contributed by atoms with Crippen molar-refractivity contribution in [3.8, 4) is 62.4 Å². The standard InChI is InChI=1S/C71H56N6/c1-70(2,3)49-35-39-65-57(43-49)58-44-50(71(4,5)6)36-40-66(58)77(65)69-73-67(53-27-15-19-31-61(53)75-59-29-17-13-25-51(59)55-41-47(33-37-63(55)75)45-21-9-7-10-22-45)72-68(74-69)54-28-16-20-32-62(54)76-60-30-18-14-26-52(60)56-42-48(34-38-64(56)76)46-23-11-8-12-24-46/h7-44H,1-6H3/i7D,8D,9D,10D,11D,12D,21D,22D,23D,24D. The summed E-state index contributed by atoms with van der Waals surface area (Å²) in [6.45, 7) is 13.3. The number of nitrogens with zero attached hydrogens (tertiary/aromatic N) is 6. The molecule has 10 aromatic carbocycles. The smallest absolute Gasteiger partial charge is 0.238 e. The van der Waals surface area contributed by atoms with Crippen LogP contribution in [0.25, 0.3) is 128 Å². The molecule has 0 aliphatic carbocycles. The molecule has 0 radical (unpaired) electrons. The van der Waals surface area contributed by atoms with Gasteiger partial charge in [0.1, 0.15) is 0 Å². The normalized spacial score (nSPS) is 14.1. The maximum absolute atomic E-state index is 8.88. The van der Waals surface area contributed by atoms with Gasteiger partial charge in [-0.1, -0.05) is 187 Å². The predicted molar refractivity (Wildman–Crippen MR) is 322 cm³/mol. The molecule has 0 aliphatic rings. The van der Waals surface area contributed by atoms with E-state index < -0.39 is 36.3 Å². The van der Waals surface area contributed by atoms with E-state index in [4.69, 9.17) is 28.7 Å². The van der Waals surface area contributed by atoms with Crippen molar-refractivity contribution < 1.29 is 13.7 Å². The van der Waals surface area contributed by atoms with Gasteiger partial charge < -0.3 is 9.13 Å². The van der Waals surface area contributed by atoms with Crippen LogP contribution in [-0.2, 0) is 10.8 Å². The minimum absolute atomic E-state index is 0.124. The van der Waals surface area contributed by atoms with Crippen LogP contribution in [0.15, 0.2) is 230 Å². The average molecular weight is 1000 g/mol. The van der Waals surface area contributed by atoms with E-state index in [2.05, 4.69) is 91.6 Å². The maximum atomic E-state index is 8.88. The minimum atomic E-state index is -0.447. The molecule has 4 aromatic heterocycles. The van der Waals surface area contributed by atoms with E-state index in [-0.39, 0.29) is 46.1 Å². The van der Waals surface area contributed by atoms with E-state index >= 15 is 0 Å². The molecule has 370 valence electrons. The quantitative estimate of drug-likeness (QED) is 0.160. The fourth-order valence-electron chi connectivity index (χ4n) is 11.2. The third-order valence-corrected chi connectivity index (χ3v) is 15.0. The molecular weight excluding hydrogens is 937 g/mol. The van der Waals surface area contributed by atoms with E-state index in [1.807, 2.05) is 133 Å². The molecule has 4 heterocycles. The molecule has 0 unspecified atom stereocenters. The van der Waals surface area contributed by atoms with Gasteiger partial charge in [0.2, 0.25) is 5.95 Å². The molecule has 0 aliphatic heterocycles. The van der Waals surface area contributed by atoms with Crippen molar-refractivity contribution in [1.29, 1.82) is 0 Å². The van der Waals surface area contributed by atoms with Crippen LogP contribution in [0.5, 0.6) is 0 Å². The number of hydrogen-bond acceptors (Lipinski definition) is 3. The van der Waals surface area contributed by atoms with Crippen LogP contribution in [0.2, 0.25) is 0 Å². The van der Waals surface area contributed by atoms with Crippen molar-refractivity contribution >= 4 is 65.4 Å². The molecule has 0 atom stereocenters. The van der Waals surface area contributed by atoms with Gasteiger partial charge in [-0.25, -0.2) is 4.98 Å². The number of aromatic nitrogens is 6. The monoisotopic (exact) mass is 1000 g/mol. The zero-order valence-electron chi connectivity index (χ0n) is 53.3. The second-order valence-electron chi connectivity index (χ2n) is 21.8. The first-order valence-corrected chi connectivity index (χ1v) is 25.9. The van der Waals surface area contributed by atoms with Crippen molar-refractivity contribution in [1.82, 2.24) is 28.7 Å². The summed E-state index contributed by atoms with van der Waals surface area (Å²) in [4.78, 5) is 16.7. The summed E-state index contributed by atoms with van der Waals surface area (Å²) in [7, 11) is 0. The number of hydrogen-bond donors (Lipinski definition) is 0. The minimum Gasteiger partial charge on any atom is -0.309 e. The Morgan fingerprint density at radius 2 is 0.688 bits per heavy atom. The topological polar surface area (TPSA) is 53.5 Å². The number of rotatable bonds is 7. The summed E-state index contributed by atoms with van der Waals surface area (Å²) >= 11 is 0. The Morgan fingerprint density at radius 3 is 1.13 bits per heavy atom. The van der Waals surface area contributed by atoms with Crippen molar-refractivity contribution in [3.05, 3.63) is 241 Å². The van der Waals surface area contributed by atoms with E-state index in [1.54, 1.807) is 0 Å². The Kier molecular flexibility index (Phi) is 8.36. The van der Waals surface area contributed by atoms with Crippen LogP contribution in [0.4, 0.5) is 0 Å². The SMILES string of the molecule is [2H]c1c([2H])c([2H])c(-c2ccc3c(c2)c2ccccc2n3-c2ccccc2-c2nc(-c3ccccc3-n3c4ccccc4c4cc(-c5c([2H])c([2H])c([2H])c([2H])c5[2H])ccc43)nc(-n3c4ccc(C(C)(C)C)cc4c4cc(C(C)(C)C)ccc43)n2)c([2H])c1[2H]. The van der Waals surface area contributed by atoms with E-state index in [9.17, 15) is 0 Å². The van der Waals surface area contributed by atoms with Crippen molar-refractivity contribution in [2.45, 2.75) is 52.4 Å². The van der Waals surface area contributed by atoms with Crippen LogP contribution in [0.3, 0.4) is 0 Å². The van der Waals surface area contributed by atoms with Crippen molar-refractivity contribution in [2.24, 2.45) is 0 Å². The lowest BCUT2D eigenvalue weighted by atomic mass is 9.85. The Balaban J connectivity index is 1.04. The summed E-state index contributed by atoms with van der Waals surface area (Å²) in [5.41, 5.74) is 11.4. The van der Waals surface area contributed by atoms with Crippen LogP contribution < -0.4 is 0 Å². The van der Waals surface area contributed by atoms with Gasteiger partial charge in [-0.05, 0) is 129 Å². The van der Waals surface area contributed by atoms with Crippen molar-refractivity contribution in [2.75, 3.05) is 0 Å². The first-order chi connectivity index (χ1) is 41.6. The van der Waals surface area contributed by atoms with Crippen LogP contribution >= 0.6 is 0 Å². The highest BCUT2D eigenvalue weighted by Crippen LogP contribution is 2.42. The lowest BCUT2D eigenvalue weighted by Gasteiger charge is -2.19. The summed E-state index contributed by atoms with van der Waals surface area (Å²) < 4.78 is 92.5. The summed E-state index contributed by atoms with van der Waals surface area (Å²) in [5, 5.41) is 5.55. The third kappa shape index (κ3) is 7.65. The van der Waals surface area contributed by atoms with E-state index in [1.165, 1.54) is 11.1 Å². The molecule has 0 spiro atoms. The Labute approximate surface area is 462 Å². The average Bonchev–Trinajstić information content (AvgIpc) is 1.64. The molecule has 0 saturated carbocycles. The highest BCUT2D eigenvalue weighted by molar-refractivity contribution is 6.13. The molecular formula is C71H56N6. The zero-order chi connectivity index (χ0) is 60.9. The lowest BCUT2D eigenvalue weighted by Crippen LogP contribution is -2.11. The Bertz CT molecular complexity index is 4900. The highest BCUT2D eigenvalue weighted by Gasteiger charge is 2.26. The second kappa shape index (κ2) is 17.6. The van der Waals surface area contributed by atoms with Gasteiger partial charge in [0.25, 0.3) is 0 Å². The van der Waals surface area contributed by atoms with Crippen LogP contribution in [0.1, 0.15) is 66.4 Å². The Hall–Kier alpha value is -9.39. The van der Waals surface area contributed by atoms with Gasteiger partial charge in [0.05, 0.1) is 58.2 Å². The summed E-state index contributed by atoms with van der Waals surface area (Å²) in [6.07, 6.45) is 0. The van der Waals surface area contributed by atoms with Crippen LogP contribution in [0, 0.1) is 0 Å². The Morgan fingerprint density at radius 1 is 0.325 bits per heavy atom. The third-order valence-electron chi connectivity index (χ3n) is 15.0. The van der Waals surface area contributed by atoms with Crippen LogP contribution in [-0.4, -0.2) is 28.7 Å². The summed E-state index contributed by atoms with van der Waals surface area (Å²) in [5.74, 6) is 1.17. The zero-order valence-corrected chi connectivity index (χ0v) is 43.3. The molecule has 0 bridgehead atoms. The van der Waals surface area contributed by atoms with Gasteiger partial charge in [0.15, 0.2) is 11.6 Å². The molecule has 14 rings (SSSR count). The first kappa shape index (κ1) is 36.5. The molecule has 14 aromatic rings. The molecule has 0 N–H and O–H groups in total. The lowest BCUT2D eigenvalue weighted by molar-refractivity contribution is 0.590. The van der Waals surface area contributed by atoms with Gasteiger partial charge >= 0.3 is 0 Å². The molecule has 0 saturated heterocycles. The highest BCUT2D eigenvalue weighted by atomic mass is 15.2. The number of para-hydroxylation sites is 4. The summed E-state index contributed by atoms with van der Waals surface area (Å²) in [6, 6.07) is 53.1. The van der Waals surface area contributed by atoms with E-state index in [0.29, 0.717) is 39.9 Å². The van der Waals surface area contributed by atoms with Crippen molar-refractivity contribution in [3.63, 3.8) is 0 Å². The number of benzene rings is 10. The fraction of sp³-hybridized carbons (Fsp3) is 0.113. The largest absolute Gasteiger partial charge is 0.309 e. The van der Waals surface area contributed by atoms with Gasteiger partial charge in [0, 0.05) is 43.4 Å². The van der Waals surface area contributed by atoms with Gasteiger partial charge in [-0.2, -0.15) is 9.97 Å². The molecule has 6 nitrogen and oxygen atoms in total.